The summed E-state index contributed by atoms with van der Waals surface area (Å²) in [5.41, 5.74) is 3.03. The third-order valence-electron chi connectivity index (χ3n) is 3.79. The second-order valence-electron chi connectivity index (χ2n) is 5.43. The van der Waals surface area contributed by atoms with Crippen molar-refractivity contribution in [2.24, 2.45) is 0 Å². The lowest BCUT2D eigenvalue weighted by Crippen LogP contribution is -2.15. The Morgan fingerprint density at radius 2 is 1.88 bits per heavy atom. The lowest BCUT2D eigenvalue weighted by molar-refractivity contribution is 0.555. The van der Waals surface area contributed by atoms with Gasteiger partial charge in [0.25, 0.3) is 5.56 Å². The molecule has 2 aromatic heterocycles. The summed E-state index contributed by atoms with van der Waals surface area (Å²) in [6.07, 6.45) is 0. The van der Waals surface area contributed by atoms with Gasteiger partial charge in [-0.2, -0.15) is 0 Å². The van der Waals surface area contributed by atoms with E-state index in [1.807, 2.05) is 6.07 Å². The normalized spacial score (nSPS) is 11.2. The van der Waals surface area contributed by atoms with Crippen molar-refractivity contribution >= 4 is 39.3 Å². The highest BCUT2D eigenvalue weighted by atomic mass is 35.5. The first-order valence-electron chi connectivity index (χ1n) is 7.27. The largest absolute Gasteiger partial charge is 0.417 e. The van der Waals surface area contributed by atoms with E-state index in [0.717, 1.165) is 16.6 Å². The smallest absolute Gasteiger partial charge is 0.408 e. The Bertz CT molecular complexity index is 1170. The van der Waals surface area contributed by atoms with Gasteiger partial charge in [-0.1, -0.05) is 11.6 Å². The number of aromatic nitrogens is 2. The van der Waals surface area contributed by atoms with Crippen molar-refractivity contribution in [2.75, 3.05) is 5.32 Å². The monoisotopic (exact) mass is 341 g/mol. The van der Waals surface area contributed by atoms with Crippen LogP contribution in [-0.2, 0) is 6.54 Å². The minimum absolute atomic E-state index is 0.157. The van der Waals surface area contributed by atoms with Crippen LogP contribution in [0.1, 0.15) is 5.56 Å². The van der Waals surface area contributed by atoms with Crippen LogP contribution in [0, 0.1) is 0 Å². The Kier molecular flexibility index (Phi) is 3.39. The summed E-state index contributed by atoms with van der Waals surface area (Å²) in [4.78, 5) is 28.8. The molecule has 0 bridgehead atoms. The van der Waals surface area contributed by atoms with Crippen molar-refractivity contribution in [2.45, 2.75) is 6.54 Å². The van der Waals surface area contributed by atoms with Crippen molar-refractivity contribution < 1.29 is 4.42 Å². The highest BCUT2D eigenvalue weighted by Gasteiger charge is 2.05. The van der Waals surface area contributed by atoms with E-state index in [0.29, 0.717) is 28.2 Å². The van der Waals surface area contributed by atoms with Gasteiger partial charge in [-0.25, -0.2) is 4.79 Å². The second-order valence-corrected chi connectivity index (χ2v) is 5.87. The van der Waals surface area contributed by atoms with Crippen LogP contribution < -0.4 is 16.6 Å². The SMILES string of the molecule is O=c1[nH]c2cc(NCc3cc4cc(Cl)ccc4[nH]c3=O)ccc2o1. The number of hydrogen-bond acceptors (Lipinski definition) is 4. The van der Waals surface area contributed by atoms with Crippen LogP contribution in [0.5, 0.6) is 0 Å². The highest BCUT2D eigenvalue weighted by molar-refractivity contribution is 6.31. The molecule has 0 aliphatic carbocycles. The molecule has 0 atom stereocenters. The Hall–Kier alpha value is -2.99. The predicted octanol–water partition coefficient (Wildman–Crippen LogP) is 3.23. The molecule has 0 aliphatic rings. The summed E-state index contributed by atoms with van der Waals surface area (Å²) in [7, 11) is 0. The molecule has 2 aromatic carbocycles. The number of fused-ring (bicyclic) bond motifs is 2. The third-order valence-corrected chi connectivity index (χ3v) is 4.02. The number of rotatable bonds is 3. The van der Waals surface area contributed by atoms with Gasteiger partial charge in [0.1, 0.15) is 0 Å². The van der Waals surface area contributed by atoms with E-state index in [2.05, 4.69) is 15.3 Å². The number of H-pyrrole nitrogens is 2. The molecule has 120 valence electrons. The number of aromatic amines is 2. The maximum atomic E-state index is 12.2. The van der Waals surface area contributed by atoms with Gasteiger partial charge in [0.15, 0.2) is 5.58 Å². The van der Waals surface area contributed by atoms with Gasteiger partial charge in [-0.15, -0.1) is 0 Å². The summed E-state index contributed by atoms with van der Waals surface area (Å²) in [6.45, 7) is 0.339. The Morgan fingerprint density at radius 3 is 2.75 bits per heavy atom. The van der Waals surface area contributed by atoms with Crippen LogP contribution in [0.25, 0.3) is 22.0 Å². The van der Waals surface area contributed by atoms with Crippen LogP contribution in [0.3, 0.4) is 0 Å². The van der Waals surface area contributed by atoms with Crippen molar-refractivity contribution in [3.05, 3.63) is 74.0 Å². The molecule has 6 nitrogen and oxygen atoms in total. The molecule has 3 N–H and O–H groups in total. The number of benzene rings is 2. The third kappa shape index (κ3) is 2.68. The van der Waals surface area contributed by atoms with Gasteiger partial charge in [-0.05, 0) is 42.5 Å². The zero-order valence-electron chi connectivity index (χ0n) is 12.4. The van der Waals surface area contributed by atoms with Crippen LogP contribution >= 0.6 is 11.6 Å². The van der Waals surface area contributed by atoms with Crippen molar-refractivity contribution in [3.8, 4) is 0 Å². The van der Waals surface area contributed by atoms with Gasteiger partial charge in [0.05, 0.1) is 5.52 Å². The molecule has 4 rings (SSSR count). The van der Waals surface area contributed by atoms with Gasteiger partial charge in [0.2, 0.25) is 0 Å². The van der Waals surface area contributed by atoms with Crippen LogP contribution in [0.15, 0.2) is 56.5 Å². The average molecular weight is 342 g/mol. The summed E-state index contributed by atoms with van der Waals surface area (Å²) >= 11 is 6.00. The second kappa shape index (κ2) is 5.58. The van der Waals surface area contributed by atoms with E-state index >= 15 is 0 Å². The zero-order chi connectivity index (χ0) is 16.7. The first-order chi connectivity index (χ1) is 11.6. The van der Waals surface area contributed by atoms with Crippen LogP contribution in [0.2, 0.25) is 5.02 Å². The number of hydrogen-bond donors (Lipinski definition) is 3. The number of nitrogens with one attached hydrogen (secondary N) is 3. The molecule has 0 saturated heterocycles. The standard InChI is InChI=1S/C17H12ClN3O3/c18-11-1-3-13-9(6-11)5-10(16(22)20-13)8-19-12-2-4-15-14(7-12)21-17(23)24-15/h1-7,19H,8H2,(H,20,22)(H,21,23). The summed E-state index contributed by atoms with van der Waals surface area (Å²) in [5, 5.41) is 4.65. The van der Waals surface area contributed by atoms with Crippen LogP contribution in [-0.4, -0.2) is 9.97 Å². The molecular weight excluding hydrogens is 330 g/mol. The highest BCUT2D eigenvalue weighted by Crippen LogP contribution is 2.19. The summed E-state index contributed by atoms with van der Waals surface area (Å²) in [5.74, 6) is -0.495. The van der Waals surface area contributed by atoms with Crippen molar-refractivity contribution in [1.29, 1.82) is 0 Å². The maximum absolute atomic E-state index is 12.2. The predicted molar refractivity (Wildman–Crippen MR) is 93.7 cm³/mol. The first kappa shape index (κ1) is 14.6. The molecule has 0 aliphatic heterocycles. The maximum Gasteiger partial charge on any atom is 0.417 e. The molecule has 0 unspecified atom stereocenters. The topological polar surface area (TPSA) is 90.9 Å². The fourth-order valence-corrected chi connectivity index (χ4v) is 2.79. The number of oxazole rings is 1. The molecular formula is C17H12ClN3O3. The van der Waals surface area contributed by atoms with E-state index in [1.165, 1.54) is 0 Å². The minimum Gasteiger partial charge on any atom is -0.408 e. The minimum atomic E-state index is -0.495. The van der Waals surface area contributed by atoms with Gasteiger partial charge >= 0.3 is 5.76 Å². The van der Waals surface area contributed by atoms with E-state index in [-0.39, 0.29) is 5.56 Å². The van der Waals surface area contributed by atoms with E-state index in [9.17, 15) is 9.59 Å². The number of pyridine rings is 1. The van der Waals surface area contributed by atoms with Crippen LogP contribution in [0.4, 0.5) is 5.69 Å². The Morgan fingerprint density at radius 1 is 1.00 bits per heavy atom. The first-order valence-corrected chi connectivity index (χ1v) is 7.64. The fraction of sp³-hybridized carbons (Fsp3) is 0.0588. The molecule has 0 saturated carbocycles. The zero-order valence-corrected chi connectivity index (χ0v) is 13.1. The molecule has 0 spiro atoms. The van der Waals surface area contributed by atoms with Gasteiger partial charge in [-0.3, -0.25) is 9.78 Å². The lowest BCUT2D eigenvalue weighted by atomic mass is 10.1. The Labute approximate surface area is 140 Å². The van der Waals surface area contributed by atoms with Gasteiger partial charge in [0, 0.05) is 33.7 Å². The van der Waals surface area contributed by atoms with E-state index < -0.39 is 5.76 Å². The van der Waals surface area contributed by atoms with Gasteiger partial charge < -0.3 is 14.7 Å². The Balaban J connectivity index is 1.64. The van der Waals surface area contributed by atoms with Crippen molar-refractivity contribution in [1.82, 2.24) is 9.97 Å². The number of halogens is 1. The average Bonchev–Trinajstić information content (AvgIpc) is 2.92. The molecule has 0 radical (unpaired) electrons. The molecule has 0 fully saturated rings. The lowest BCUT2D eigenvalue weighted by Gasteiger charge is -2.07. The van der Waals surface area contributed by atoms with Crippen molar-refractivity contribution in [3.63, 3.8) is 0 Å². The van der Waals surface area contributed by atoms with E-state index in [1.54, 1.807) is 36.4 Å². The van der Waals surface area contributed by atoms with E-state index in [4.69, 9.17) is 16.0 Å². The quantitative estimate of drug-likeness (QED) is 0.533. The molecule has 24 heavy (non-hydrogen) atoms. The molecule has 0 amide bonds. The molecule has 7 heteroatoms. The fourth-order valence-electron chi connectivity index (χ4n) is 2.61. The molecule has 2 heterocycles. The summed E-state index contributed by atoms with van der Waals surface area (Å²) < 4.78 is 4.96. The summed E-state index contributed by atoms with van der Waals surface area (Å²) in [6, 6.07) is 12.4. The number of anilines is 1. The molecule has 4 aromatic rings.